The van der Waals surface area contributed by atoms with E-state index in [1.54, 1.807) is 0 Å². The summed E-state index contributed by atoms with van der Waals surface area (Å²) >= 11 is 0. The molecule has 1 fully saturated rings. The standard InChI is InChI=1S/C14H23N3/c1-11-7-4-5-8-12(11)17(3)14-10-6-9-13(15-2)16-14/h6,9-12H,4-5,7-8H2,1-3H3,(H,15,16). The minimum Gasteiger partial charge on any atom is -0.373 e. The Balaban J connectivity index is 2.14. The normalized spacial score (nSPS) is 24.4. The second-order valence-corrected chi connectivity index (χ2v) is 5.07. The maximum absolute atomic E-state index is 4.62. The van der Waals surface area contributed by atoms with Gasteiger partial charge in [0.15, 0.2) is 0 Å². The highest BCUT2D eigenvalue weighted by Gasteiger charge is 2.25. The molecule has 0 spiro atoms. The first kappa shape index (κ1) is 12.2. The summed E-state index contributed by atoms with van der Waals surface area (Å²) in [6.07, 6.45) is 5.38. The quantitative estimate of drug-likeness (QED) is 0.869. The number of pyridine rings is 1. The van der Waals surface area contributed by atoms with Crippen LogP contribution in [0.15, 0.2) is 18.2 Å². The zero-order chi connectivity index (χ0) is 12.3. The van der Waals surface area contributed by atoms with E-state index in [-0.39, 0.29) is 0 Å². The highest BCUT2D eigenvalue weighted by atomic mass is 15.2. The number of nitrogens with zero attached hydrogens (tertiary/aromatic N) is 2. The van der Waals surface area contributed by atoms with E-state index in [1.165, 1.54) is 25.7 Å². The van der Waals surface area contributed by atoms with Crippen LogP contribution in [0.25, 0.3) is 0 Å². The first-order chi connectivity index (χ1) is 8.22. The van der Waals surface area contributed by atoms with Crippen LogP contribution < -0.4 is 10.2 Å². The van der Waals surface area contributed by atoms with E-state index in [4.69, 9.17) is 0 Å². The molecule has 0 radical (unpaired) electrons. The Morgan fingerprint density at radius 1 is 1.29 bits per heavy atom. The van der Waals surface area contributed by atoms with Crippen molar-refractivity contribution in [1.82, 2.24) is 4.98 Å². The lowest BCUT2D eigenvalue weighted by molar-refractivity contribution is 0.320. The van der Waals surface area contributed by atoms with Crippen LogP contribution in [-0.2, 0) is 0 Å². The Hall–Kier alpha value is -1.25. The topological polar surface area (TPSA) is 28.2 Å². The van der Waals surface area contributed by atoms with E-state index >= 15 is 0 Å². The van der Waals surface area contributed by atoms with Crippen molar-refractivity contribution in [3.05, 3.63) is 18.2 Å². The molecule has 2 rings (SSSR count). The van der Waals surface area contributed by atoms with Crippen LogP contribution >= 0.6 is 0 Å². The maximum atomic E-state index is 4.62. The van der Waals surface area contributed by atoms with Gasteiger partial charge < -0.3 is 10.2 Å². The van der Waals surface area contributed by atoms with E-state index in [0.717, 1.165) is 17.6 Å². The molecular formula is C14H23N3. The van der Waals surface area contributed by atoms with Crippen molar-refractivity contribution < 1.29 is 0 Å². The zero-order valence-electron chi connectivity index (χ0n) is 11.1. The van der Waals surface area contributed by atoms with E-state index < -0.39 is 0 Å². The molecule has 17 heavy (non-hydrogen) atoms. The van der Waals surface area contributed by atoms with Crippen molar-refractivity contribution in [1.29, 1.82) is 0 Å². The Kier molecular flexibility index (Phi) is 3.87. The lowest BCUT2D eigenvalue weighted by Gasteiger charge is -2.37. The van der Waals surface area contributed by atoms with Crippen molar-refractivity contribution in [3.8, 4) is 0 Å². The number of anilines is 2. The lowest BCUT2D eigenvalue weighted by Crippen LogP contribution is -2.39. The molecule has 0 amide bonds. The second kappa shape index (κ2) is 5.39. The highest BCUT2D eigenvalue weighted by Crippen LogP contribution is 2.29. The Bertz CT molecular complexity index is 364. The average molecular weight is 233 g/mol. The van der Waals surface area contributed by atoms with Gasteiger partial charge in [-0.2, -0.15) is 0 Å². The summed E-state index contributed by atoms with van der Waals surface area (Å²) in [5.74, 6) is 2.79. The van der Waals surface area contributed by atoms with E-state index in [9.17, 15) is 0 Å². The van der Waals surface area contributed by atoms with Crippen LogP contribution in [0, 0.1) is 5.92 Å². The van der Waals surface area contributed by atoms with Gasteiger partial charge in [0, 0.05) is 20.1 Å². The maximum Gasteiger partial charge on any atom is 0.130 e. The van der Waals surface area contributed by atoms with Gasteiger partial charge in [-0.1, -0.05) is 25.8 Å². The van der Waals surface area contributed by atoms with Gasteiger partial charge in [-0.15, -0.1) is 0 Å². The van der Waals surface area contributed by atoms with Crippen LogP contribution in [0.2, 0.25) is 0 Å². The van der Waals surface area contributed by atoms with E-state index in [0.29, 0.717) is 6.04 Å². The first-order valence-corrected chi connectivity index (χ1v) is 6.60. The molecule has 3 heteroatoms. The van der Waals surface area contributed by atoms with Crippen LogP contribution in [0.4, 0.5) is 11.6 Å². The van der Waals surface area contributed by atoms with E-state index in [2.05, 4.69) is 41.3 Å². The third kappa shape index (κ3) is 2.71. The van der Waals surface area contributed by atoms with Crippen molar-refractivity contribution in [2.45, 2.75) is 38.6 Å². The van der Waals surface area contributed by atoms with E-state index in [1.807, 2.05) is 13.1 Å². The zero-order valence-corrected chi connectivity index (χ0v) is 11.1. The third-order valence-corrected chi connectivity index (χ3v) is 3.92. The predicted octanol–water partition coefficient (Wildman–Crippen LogP) is 3.14. The molecule has 3 nitrogen and oxygen atoms in total. The summed E-state index contributed by atoms with van der Waals surface area (Å²) in [7, 11) is 4.09. The summed E-state index contributed by atoms with van der Waals surface area (Å²) in [6.45, 7) is 2.36. The first-order valence-electron chi connectivity index (χ1n) is 6.60. The van der Waals surface area contributed by atoms with Gasteiger partial charge in [0.25, 0.3) is 0 Å². The largest absolute Gasteiger partial charge is 0.373 e. The molecule has 1 heterocycles. The van der Waals surface area contributed by atoms with Gasteiger partial charge >= 0.3 is 0 Å². The highest BCUT2D eigenvalue weighted by molar-refractivity contribution is 5.47. The van der Waals surface area contributed by atoms with Gasteiger partial charge in [0.05, 0.1) is 0 Å². The minimum atomic E-state index is 0.642. The smallest absolute Gasteiger partial charge is 0.130 e. The summed E-state index contributed by atoms with van der Waals surface area (Å²) in [5, 5.41) is 3.10. The predicted molar refractivity (Wildman–Crippen MR) is 73.6 cm³/mol. The number of rotatable bonds is 3. The van der Waals surface area contributed by atoms with Crippen LogP contribution in [0.3, 0.4) is 0 Å². The fourth-order valence-corrected chi connectivity index (χ4v) is 2.80. The molecule has 1 N–H and O–H groups in total. The SMILES string of the molecule is CNc1cccc(N(C)C2CCCCC2C)n1. The molecular weight excluding hydrogens is 210 g/mol. The molecule has 1 saturated carbocycles. The molecule has 0 bridgehead atoms. The molecule has 94 valence electrons. The molecule has 1 aliphatic rings. The van der Waals surface area contributed by atoms with Gasteiger partial charge in [0.1, 0.15) is 11.6 Å². The van der Waals surface area contributed by atoms with Crippen LogP contribution in [0.1, 0.15) is 32.6 Å². The monoisotopic (exact) mass is 233 g/mol. The molecule has 2 unspecified atom stereocenters. The van der Waals surface area contributed by atoms with Crippen LogP contribution in [0.5, 0.6) is 0 Å². The summed E-state index contributed by atoms with van der Waals surface area (Å²) in [6, 6.07) is 6.81. The third-order valence-electron chi connectivity index (χ3n) is 3.92. The molecule has 0 aromatic carbocycles. The summed E-state index contributed by atoms with van der Waals surface area (Å²) in [4.78, 5) is 6.97. The van der Waals surface area contributed by atoms with Gasteiger partial charge in [-0.25, -0.2) is 4.98 Å². The number of hydrogen-bond acceptors (Lipinski definition) is 3. The molecule has 1 aromatic heterocycles. The molecule has 0 aliphatic heterocycles. The fourth-order valence-electron chi connectivity index (χ4n) is 2.80. The molecule has 2 atom stereocenters. The van der Waals surface area contributed by atoms with Gasteiger partial charge in [-0.05, 0) is 30.9 Å². The Morgan fingerprint density at radius 3 is 2.76 bits per heavy atom. The second-order valence-electron chi connectivity index (χ2n) is 5.07. The van der Waals surface area contributed by atoms with Crippen molar-refractivity contribution in [2.24, 2.45) is 5.92 Å². The number of aromatic nitrogens is 1. The molecule has 1 aliphatic carbocycles. The number of hydrogen-bond donors (Lipinski definition) is 1. The lowest BCUT2D eigenvalue weighted by atomic mass is 9.85. The molecule has 1 aromatic rings. The minimum absolute atomic E-state index is 0.642. The van der Waals surface area contributed by atoms with Crippen molar-refractivity contribution >= 4 is 11.6 Å². The fraction of sp³-hybridized carbons (Fsp3) is 0.643. The van der Waals surface area contributed by atoms with Gasteiger partial charge in [0.2, 0.25) is 0 Å². The average Bonchev–Trinajstić information content (AvgIpc) is 2.38. The summed E-state index contributed by atoms with van der Waals surface area (Å²) in [5.41, 5.74) is 0. The molecule has 0 saturated heterocycles. The Morgan fingerprint density at radius 2 is 2.06 bits per heavy atom. The summed E-state index contributed by atoms with van der Waals surface area (Å²) < 4.78 is 0. The van der Waals surface area contributed by atoms with Gasteiger partial charge in [-0.3, -0.25) is 0 Å². The van der Waals surface area contributed by atoms with Crippen molar-refractivity contribution in [3.63, 3.8) is 0 Å². The Labute approximate surface area is 104 Å². The van der Waals surface area contributed by atoms with Crippen molar-refractivity contribution in [2.75, 3.05) is 24.3 Å². The number of nitrogens with one attached hydrogen (secondary N) is 1. The van der Waals surface area contributed by atoms with Crippen LogP contribution in [-0.4, -0.2) is 25.1 Å².